The third-order valence-corrected chi connectivity index (χ3v) is 2.96. The van der Waals surface area contributed by atoms with Gasteiger partial charge >= 0.3 is 6.09 Å². The molecule has 4 nitrogen and oxygen atoms in total. The number of ether oxygens (including phenoxy) is 1. The van der Waals surface area contributed by atoms with Crippen LogP contribution in [-0.4, -0.2) is 25.3 Å². The Morgan fingerprint density at radius 1 is 1.65 bits per heavy atom. The molecule has 0 spiro atoms. The Bertz CT molecular complexity index is 467. The fourth-order valence-corrected chi connectivity index (χ4v) is 2.00. The number of carbonyl (C=O) groups excluding carboxylic acids is 1. The molecule has 6 heteroatoms. The van der Waals surface area contributed by atoms with Crippen LogP contribution in [0.5, 0.6) is 0 Å². The van der Waals surface area contributed by atoms with Gasteiger partial charge < -0.3 is 10.5 Å². The molecule has 0 saturated carbocycles. The number of carbonyl (C=O) groups is 1. The molecule has 1 saturated heterocycles. The Balaban J connectivity index is 2.35. The number of benzene rings is 1. The molecule has 2 rings (SSSR count). The van der Waals surface area contributed by atoms with Crippen LogP contribution in [0.25, 0.3) is 0 Å². The van der Waals surface area contributed by atoms with E-state index in [1.165, 1.54) is 17.0 Å². The number of aryl methyl sites for hydroxylation is 1. The average Bonchev–Trinajstić information content (AvgIpc) is 2.65. The summed E-state index contributed by atoms with van der Waals surface area (Å²) in [5.41, 5.74) is 6.17. The lowest BCUT2D eigenvalue weighted by molar-refractivity contribution is 0.145. The van der Waals surface area contributed by atoms with Crippen LogP contribution in [0.2, 0.25) is 5.02 Å². The molecule has 1 atom stereocenters. The summed E-state index contributed by atoms with van der Waals surface area (Å²) < 4.78 is 18.4. The monoisotopic (exact) mass is 258 g/mol. The van der Waals surface area contributed by atoms with Crippen LogP contribution in [0.15, 0.2) is 12.1 Å². The Labute approximate surface area is 103 Å². The van der Waals surface area contributed by atoms with E-state index in [-0.39, 0.29) is 19.2 Å². The topological polar surface area (TPSA) is 55.6 Å². The van der Waals surface area contributed by atoms with Crippen molar-refractivity contribution in [2.24, 2.45) is 5.73 Å². The lowest BCUT2D eigenvalue weighted by Gasteiger charge is -2.15. The summed E-state index contributed by atoms with van der Waals surface area (Å²) >= 11 is 5.99. The van der Waals surface area contributed by atoms with E-state index in [1.807, 2.05) is 0 Å². The minimum absolute atomic E-state index is 0.230. The average molecular weight is 259 g/mol. The Morgan fingerprint density at radius 3 is 2.94 bits per heavy atom. The highest BCUT2D eigenvalue weighted by Crippen LogP contribution is 2.31. The maximum absolute atomic E-state index is 13.5. The van der Waals surface area contributed by atoms with Crippen molar-refractivity contribution in [3.8, 4) is 0 Å². The first kappa shape index (κ1) is 12.1. The van der Waals surface area contributed by atoms with Crippen LogP contribution in [-0.2, 0) is 4.74 Å². The predicted molar refractivity (Wildman–Crippen MR) is 62.8 cm³/mol. The fraction of sp³-hybridized carbons (Fsp3) is 0.364. The second kappa shape index (κ2) is 4.50. The number of halogens is 2. The highest BCUT2D eigenvalue weighted by molar-refractivity contribution is 6.33. The third kappa shape index (κ3) is 2.21. The van der Waals surface area contributed by atoms with Crippen LogP contribution in [0.1, 0.15) is 5.56 Å². The number of hydrogen-bond acceptors (Lipinski definition) is 3. The molecule has 1 aromatic rings. The van der Waals surface area contributed by atoms with Crippen molar-refractivity contribution in [1.29, 1.82) is 0 Å². The van der Waals surface area contributed by atoms with Crippen LogP contribution >= 0.6 is 11.6 Å². The van der Waals surface area contributed by atoms with E-state index in [9.17, 15) is 9.18 Å². The van der Waals surface area contributed by atoms with Gasteiger partial charge in [0, 0.05) is 6.54 Å². The quantitative estimate of drug-likeness (QED) is 0.884. The van der Waals surface area contributed by atoms with Crippen LogP contribution < -0.4 is 10.6 Å². The van der Waals surface area contributed by atoms with Crippen molar-refractivity contribution in [1.82, 2.24) is 0 Å². The maximum atomic E-state index is 13.5. The van der Waals surface area contributed by atoms with Crippen LogP contribution in [0.3, 0.4) is 0 Å². The molecule has 0 bridgehead atoms. The van der Waals surface area contributed by atoms with Gasteiger partial charge in [-0.1, -0.05) is 11.6 Å². The Morgan fingerprint density at radius 2 is 2.35 bits per heavy atom. The lowest BCUT2D eigenvalue weighted by Crippen LogP contribution is -2.27. The zero-order valence-corrected chi connectivity index (χ0v) is 10.00. The molecule has 1 fully saturated rings. The molecule has 17 heavy (non-hydrogen) atoms. The SMILES string of the molecule is Cc1cc(Cl)c(N2CC(CN)OC2=O)cc1F. The predicted octanol–water partition coefficient (Wildman–Crippen LogP) is 2.07. The standard InChI is InChI=1S/C11H12ClFN2O2/c1-6-2-8(12)10(3-9(6)13)15-5-7(4-14)17-11(15)16/h2-3,7H,4-5,14H2,1H3. The summed E-state index contributed by atoms with van der Waals surface area (Å²) in [5, 5.41) is 0.318. The molecule has 0 radical (unpaired) electrons. The van der Waals surface area contributed by atoms with Crippen molar-refractivity contribution in [3.05, 3.63) is 28.5 Å². The number of amides is 1. The lowest BCUT2D eigenvalue weighted by atomic mass is 10.2. The molecule has 2 N–H and O–H groups in total. The molecular weight excluding hydrogens is 247 g/mol. The number of rotatable bonds is 2. The van der Waals surface area contributed by atoms with Gasteiger partial charge in [0.05, 0.1) is 17.3 Å². The van der Waals surface area contributed by atoms with Crippen molar-refractivity contribution in [3.63, 3.8) is 0 Å². The molecule has 1 unspecified atom stereocenters. The molecule has 92 valence electrons. The zero-order valence-electron chi connectivity index (χ0n) is 9.24. The van der Waals surface area contributed by atoms with E-state index in [0.29, 0.717) is 16.3 Å². The number of nitrogens with zero attached hydrogens (tertiary/aromatic N) is 1. The number of nitrogens with two attached hydrogens (primary N) is 1. The summed E-state index contributed by atoms with van der Waals surface area (Å²) in [4.78, 5) is 12.9. The van der Waals surface area contributed by atoms with Gasteiger partial charge in [-0.3, -0.25) is 4.90 Å². The van der Waals surface area contributed by atoms with Crippen molar-refractivity contribution >= 4 is 23.4 Å². The number of hydrogen-bond donors (Lipinski definition) is 1. The van der Waals surface area contributed by atoms with E-state index < -0.39 is 11.9 Å². The highest BCUT2D eigenvalue weighted by Gasteiger charge is 2.32. The number of cyclic esters (lactones) is 1. The van der Waals surface area contributed by atoms with Gasteiger partial charge in [0.15, 0.2) is 0 Å². The molecule has 0 aromatic heterocycles. The molecule has 1 heterocycles. The minimum atomic E-state index is -0.550. The summed E-state index contributed by atoms with van der Waals surface area (Å²) in [7, 11) is 0. The van der Waals surface area contributed by atoms with Gasteiger partial charge in [-0.15, -0.1) is 0 Å². The van der Waals surface area contributed by atoms with Gasteiger partial charge in [-0.05, 0) is 24.6 Å². The van der Waals surface area contributed by atoms with Crippen molar-refractivity contribution in [2.75, 3.05) is 18.0 Å². The first-order valence-electron chi connectivity index (χ1n) is 5.16. The second-order valence-corrected chi connectivity index (χ2v) is 4.31. The zero-order chi connectivity index (χ0) is 12.6. The number of anilines is 1. The van der Waals surface area contributed by atoms with E-state index in [2.05, 4.69) is 0 Å². The summed E-state index contributed by atoms with van der Waals surface area (Å²) in [6, 6.07) is 2.72. The third-order valence-electron chi connectivity index (χ3n) is 2.66. The van der Waals surface area contributed by atoms with E-state index in [0.717, 1.165) is 0 Å². The molecular formula is C11H12ClFN2O2. The summed E-state index contributed by atoms with van der Waals surface area (Å²) in [6.07, 6.45) is -0.923. The molecule has 0 aliphatic carbocycles. The van der Waals surface area contributed by atoms with Crippen molar-refractivity contribution in [2.45, 2.75) is 13.0 Å². The van der Waals surface area contributed by atoms with Crippen molar-refractivity contribution < 1.29 is 13.9 Å². The Kier molecular flexibility index (Phi) is 3.22. The normalized spacial score (nSPS) is 19.6. The molecule has 1 aliphatic heterocycles. The van der Waals surface area contributed by atoms with E-state index in [4.69, 9.17) is 22.1 Å². The van der Waals surface area contributed by atoms with Crippen LogP contribution in [0, 0.1) is 12.7 Å². The molecule has 1 aromatic carbocycles. The van der Waals surface area contributed by atoms with E-state index in [1.54, 1.807) is 6.92 Å². The van der Waals surface area contributed by atoms with Gasteiger partial charge in [0.25, 0.3) is 0 Å². The first-order chi connectivity index (χ1) is 8.02. The van der Waals surface area contributed by atoms with Gasteiger partial charge in [0.2, 0.25) is 0 Å². The van der Waals surface area contributed by atoms with E-state index >= 15 is 0 Å². The van der Waals surface area contributed by atoms with Gasteiger partial charge in [0.1, 0.15) is 11.9 Å². The molecule has 1 amide bonds. The first-order valence-corrected chi connectivity index (χ1v) is 5.54. The second-order valence-electron chi connectivity index (χ2n) is 3.90. The largest absolute Gasteiger partial charge is 0.443 e. The van der Waals surface area contributed by atoms with Gasteiger partial charge in [-0.25, -0.2) is 9.18 Å². The minimum Gasteiger partial charge on any atom is -0.443 e. The fourth-order valence-electron chi connectivity index (χ4n) is 1.68. The van der Waals surface area contributed by atoms with Crippen LogP contribution in [0.4, 0.5) is 14.9 Å². The highest BCUT2D eigenvalue weighted by atomic mass is 35.5. The summed E-state index contributed by atoms with van der Waals surface area (Å²) in [6.45, 7) is 2.13. The Hall–Kier alpha value is -1.33. The summed E-state index contributed by atoms with van der Waals surface area (Å²) in [5.74, 6) is -0.409. The maximum Gasteiger partial charge on any atom is 0.414 e. The molecule has 1 aliphatic rings. The smallest absolute Gasteiger partial charge is 0.414 e. The van der Waals surface area contributed by atoms with Gasteiger partial charge in [-0.2, -0.15) is 0 Å².